The Bertz CT molecular complexity index is 1020. The number of carbonyl (C=O) groups is 1. The van der Waals surface area contributed by atoms with Crippen molar-refractivity contribution in [1.29, 1.82) is 0 Å². The van der Waals surface area contributed by atoms with Crippen molar-refractivity contribution in [3.05, 3.63) is 72.0 Å². The van der Waals surface area contributed by atoms with Gasteiger partial charge in [-0.2, -0.15) is 0 Å². The first-order valence-corrected chi connectivity index (χ1v) is 10.3. The molecule has 1 amide bonds. The lowest BCUT2D eigenvalue weighted by molar-refractivity contribution is -0.132. The molecule has 2 heterocycles. The number of aromatic nitrogens is 1. The van der Waals surface area contributed by atoms with Crippen LogP contribution in [0.15, 0.2) is 59.1 Å². The van der Waals surface area contributed by atoms with Gasteiger partial charge in [0, 0.05) is 25.4 Å². The molecule has 6 heteroatoms. The molecule has 1 aliphatic rings. The molecule has 0 N–H and O–H groups in total. The van der Waals surface area contributed by atoms with Crippen LogP contribution < -0.4 is 4.74 Å². The first kappa shape index (κ1) is 20.1. The van der Waals surface area contributed by atoms with Crippen molar-refractivity contribution in [3.63, 3.8) is 0 Å². The van der Waals surface area contributed by atoms with Crippen molar-refractivity contribution in [2.75, 3.05) is 13.7 Å². The Labute approximate surface area is 175 Å². The van der Waals surface area contributed by atoms with Gasteiger partial charge in [-0.1, -0.05) is 24.3 Å². The van der Waals surface area contributed by atoms with Gasteiger partial charge in [-0.25, -0.2) is 9.37 Å². The van der Waals surface area contributed by atoms with Crippen LogP contribution in [0.3, 0.4) is 0 Å². The summed E-state index contributed by atoms with van der Waals surface area (Å²) in [6.07, 6.45) is 5.07. The Balaban J connectivity index is 1.36. The van der Waals surface area contributed by atoms with Crippen molar-refractivity contribution >= 4 is 5.91 Å². The van der Waals surface area contributed by atoms with E-state index in [0.29, 0.717) is 30.1 Å². The number of nitrogens with zero attached hydrogens (tertiary/aromatic N) is 2. The summed E-state index contributed by atoms with van der Waals surface area (Å²) < 4.78 is 24.9. The van der Waals surface area contributed by atoms with E-state index in [1.54, 1.807) is 25.3 Å². The monoisotopic (exact) mass is 408 g/mol. The number of amides is 1. The zero-order valence-electron chi connectivity index (χ0n) is 17.0. The average molecular weight is 408 g/mol. The summed E-state index contributed by atoms with van der Waals surface area (Å²) in [6, 6.07) is 14.6. The molecule has 1 unspecified atom stereocenters. The maximum absolute atomic E-state index is 13.9. The largest absolute Gasteiger partial charge is 0.497 e. The fraction of sp³-hybridized carbons (Fsp3) is 0.333. The minimum Gasteiger partial charge on any atom is -0.497 e. The van der Waals surface area contributed by atoms with Gasteiger partial charge in [0.05, 0.1) is 18.9 Å². The van der Waals surface area contributed by atoms with Crippen LogP contribution in [-0.2, 0) is 17.6 Å². The van der Waals surface area contributed by atoms with Gasteiger partial charge in [0.1, 0.15) is 11.6 Å². The number of carbonyl (C=O) groups excluding carboxylic acids is 1. The third kappa shape index (κ3) is 4.53. The van der Waals surface area contributed by atoms with Crippen molar-refractivity contribution in [2.24, 2.45) is 0 Å². The van der Waals surface area contributed by atoms with E-state index < -0.39 is 0 Å². The number of halogens is 1. The van der Waals surface area contributed by atoms with Crippen LogP contribution in [0, 0.1) is 5.82 Å². The van der Waals surface area contributed by atoms with E-state index in [1.807, 2.05) is 23.1 Å². The topological polar surface area (TPSA) is 55.6 Å². The van der Waals surface area contributed by atoms with Gasteiger partial charge in [0.2, 0.25) is 5.91 Å². The number of methoxy groups -OCH3 is 1. The number of benzene rings is 2. The summed E-state index contributed by atoms with van der Waals surface area (Å²) in [5, 5.41) is 0. The smallest absolute Gasteiger partial charge is 0.223 e. The van der Waals surface area contributed by atoms with Gasteiger partial charge in [-0.05, 0) is 49.1 Å². The minimum absolute atomic E-state index is 0.103. The van der Waals surface area contributed by atoms with Crippen LogP contribution in [-0.4, -0.2) is 35.5 Å². The molecule has 3 aromatic rings. The third-order valence-electron chi connectivity index (χ3n) is 5.55. The molecule has 0 saturated carbocycles. The van der Waals surface area contributed by atoms with Gasteiger partial charge in [-0.3, -0.25) is 4.79 Å². The number of oxazole rings is 1. The molecule has 0 bridgehead atoms. The zero-order chi connectivity index (χ0) is 20.9. The second-order valence-corrected chi connectivity index (χ2v) is 7.54. The zero-order valence-corrected chi connectivity index (χ0v) is 17.0. The summed E-state index contributed by atoms with van der Waals surface area (Å²) in [5.41, 5.74) is 1.54. The van der Waals surface area contributed by atoms with Gasteiger partial charge in [0.15, 0.2) is 11.7 Å². The minimum atomic E-state index is -0.353. The molecule has 156 valence electrons. The molecule has 30 heavy (non-hydrogen) atoms. The van der Waals surface area contributed by atoms with E-state index in [9.17, 15) is 9.18 Å². The number of aryl methyl sites for hydroxylation is 1. The number of likely N-dealkylation sites (tertiary alicyclic amines) is 1. The molecule has 1 atom stereocenters. The Morgan fingerprint density at radius 3 is 2.97 bits per heavy atom. The normalized spacial score (nSPS) is 16.1. The number of hydrogen-bond donors (Lipinski definition) is 0. The highest BCUT2D eigenvalue weighted by molar-refractivity contribution is 5.77. The molecule has 4 rings (SSSR count). The van der Waals surface area contributed by atoms with Crippen molar-refractivity contribution < 1.29 is 18.3 Å². The molecule has 0 aliphatic carbocycles. The van der Waals surface area contributed by atoms with Gasteiger partial charge in [0.25, 0.3) is 0 Å². The Kier molecular flexibility index (Phi) is 6.12. The van der Waals surface area contributed by atoms with Crippen molar-refractivity contribution in [2.45, 2.75) is 38.1 Å². The quantitative estimate of drug-likeness (QED) is 0.571. The van der Waals surface area contributed by atoms with Crippen molar-refractivity contribution in [1.82, 2.24) is 9.88 Å². The molecular weight excluding hydrogens is 383 g/mol. The number of hydrogen-bond acceptors (Lipinski definition) is 4. The van der Waals surface area contributed by atoms with E-state index in [-0.39, 0.29) is 17.8 Å². The van der Waals surface area contributed by atoms with Gasteiger partial charge >= 0.3 is 0 Å². The Morgan fingerprint density at radius 2 is 2.13 bits per heavy atom. The molecule has 0 radical (unpaired) electrons. The molecule has 1 aromatic heterocycles. The Hall–Kier alpha value is -3.15. The summed E-state index contributed by atoms with van der Waals surface area (Å²) in [4.78, 5) is 19.0. The van der Waals surface area contributed by atoms with E-state index in [1.165, 1.54) is 17.8 Å². The van der Waals surface area contributed by atoms with Crippen LogP contribution in [0.4, 0.5) is 4.39 Å². The lowest BCUT2D eigenvalue weighted by Gasteiger charge is -2.25. The molecule has 2 aromatic carbocycles. The molecule has 1 fully saturated rings. The first-order chi connectivity index (χ1) is 14.6. The lowest BCUT2D eigenvalue weighted by atomic mass is 10.0. The highest BCUT2D eigenvalue weighted by Gasteiger charge is 2.28. The van der Waals surface area contributed by atoms with Crippen molar-refractivity contribution in [3.8, 4) is 17.1 Å². The molecule has 0 spiro atoms. The maximum Gasteiger partial charge on any atom is 0.223 e. The van der Waals surface area contributed by atoms with E-state index >= 15 is 0 Å². The first-order valence-electron chi connectivity index (χ1n) is 10.3. The number of ether oxygens (including phenoxy) is 1. The fourth-order valence-corrected chi connectivity index (χ4v) is 4.02. The predicted octanol–water partition coefficient (Wildman–Crippen LogP) is 4.66. The summed E-state index contributed by atoms with van der Waals surface area (Å²) in [6.45, 7) is 0.777. The van der Waals surface area contributed by atoms with Gasteiger partial charge in [-0.15, -0.1) is 0 Å². The van der Waals surface area contributed by atoms with E-state index in [0.717, 1.165) is 31.6 Å². The Morgan fingerprint density at radius 1 is 1.27 bits per heavy atom. The highest BCUT2D eigenvalue weighted by Crippen LogP contribution is 2.26. The molecular formula is C24H25FN2O3. The SMILES string of the molecule is COc1cccc(CC2CCCN2C(=O)CCc2ncc(-c3ccccc3F)o2)c1. The highest BCUT2D eigenvalue weighted by atomic mass is 19.1. The standard InChI is InChI=1S/C24H25FN2O3/c1-29-19-8-4-6-17(15-19)14-18-7-5-13-27(18)24(28)12-11-23-26-16-22(30-23)20-9-2-3-10-21(20)25/h2-4,6,8-10,15-16,18H,5,7,11-14H2,1H3. The third-order valence-corrected chi connectivity index (χ3v) is 5.55. The second-order valence-electron chi connectivity index (χ2n) is 7.54. The second kappa shape index (κ2) is 9.11. The summed E-state index contributed by atoms with van der Waals surface area (Å²) in [5.74, 6) is 1.41. The van der Waals surface area contributed by atoms with Crippen LogP contribution in [0.2, 0.25) is 0 Å². The van der Waals surface area contributed by atoms with Crippen LogP contribution in [0.1, 0.15) is 30.7 Å². The lowest BCUT2D eigenvalue weighted by Crippen LogP contribution is -2.36. The average Bonchev–Trinajstić information content (AvgIpc) is 3.42. The van der Waals surface area contributed by atoms with Gasteiger partial charge < -0.3 is 14.1 Å². The van der Waals surface area contributed by atoms with Crippen LogP contribution in [0.25, 0.3) is 11.3 Å². The predicted molar refractivity (Wildman–Crippen MR) is 112 cm³/mol. The van der Waals surface area contributed by atoms with E-state index in [2.05, 4.69) is 11.1 Å². The van der Waals surface area contributed by atoms with Crippen LogP contribution in [0.5, 0.6) is 5.75 Å². The maximum atomic E-state index is 13.9. The molecule has 1 aliphatic heterocycles. The number of rotatable bonds is 7. The summed E-state index contributed by atoms with van der Waals surface area (Å²) >= 11 is 0. The molecule has 1 saturated heterocycles. The molecule has 5 nitrogen and oxygen atoms in total. The van der Waals surface area contributed by atoms with E-state index in [4.69, 9.17) is 9.15 Å². The summed E-state index contributed by atoms with van der Waals surface area (Å²) in [7, 11) is 1.66. The fourth-order valence-electron chi connectivity index (χ4n) is 4.02. The van der Waals surface area contributed by atoms with Crippen LogP contribution >= 0.6 is 0 Å².